The zero-order valence-electron chi connectivity index (χ0n) is 11.4. The Morgan fingerprint density at radius 2 is 2.05 bits per heavy atom. The molecule has 2 rings (SSSR count). The fourth-order valence-electron chi connectivity index (χ4n) is 1.86. The van der Waals surface area contributed by atoms with Gasteiger partial charge in [-0.05, 0) is 37.1 Å². The minimum absolute atomic E-state index is 0.105. The molecule has 1 saturated heterocycles. The van der Waals surface area contributed by atoms with Gasteiger partial charge in [0.25, 0.3) is 0 Å². The molecule has 0 aromatic heterocycles. The van der Waals surface area contributed by atoms with Crippen LogP contribution in [0.3, 0.4) is 0 Å². The Hall–Kier alpha value is -1.75. The van der Waals surface area contributed by atoms with Gasteiger partial charge in [0.05, 0.1) is 13.2 Å². The van der Waals surface area contributed by atoms with Gasteiger partial charge in [-0.3, -0.25) is 0 Å². The maximum atomic E-state index is 11.8. The van der Waals surface area contributed by atoms with Crippen molar-refractivity contribution in [3.63, 3.8) is 0 Å². The van der Waals surface area contributed by atoms with E-state index in [0.29, 0.717) is 26.3 Å². The molecular weight excluding hydrogens is 244 g/mol. The van der Waals surface area contributed by atoms with Gasteiger partial charge in [0, 0.05) is 13.1 Å². The third-order valence-corrected chi connectivity index (χ3v) is 3.24. The van der Waals surface area contributed by atoms with Crippen LogP contribution in [0.1, 0.15) is 11.1 Å². The number of nitrogens with zero attached hydrogens (tertiary/aromatic N) is 1. The van der Waals surface area contributed by atoms with Crippen molar-refractivity contribution in [1.82, 2.24) is 10.2 Å². The normalized spacial score (nSPS) is 15.2. The molecule has 1 N–H and O–H groups in total. The van der Waals surface area contributed by atoms with Gasteiger partial charge in [-0.15, -0.1) is 0 Å². The number of benzene rings is 1. The molecule has 5 heteroatoms. The van der Waals surface area contributed by atoms with Crippen LogP contribution >= 0.6 is 0 Å². The summed E-state index contributed by atoms with van der Waals surface area (Å²) < 4.78 is 10.7. The number of carbonyl (C=O) groups is 1. The summed E-state index contributed by atoms with van der Waals surface area (Å²) in [5.74, 6) is 0.769. The van der Waals surface area contributed by atoms with Gasteiger partial charge in [-0.2, -0.15) is 0 Å². The molecule has 5 nitrogen and oxygen atoms in total. The van der Waals surface area contributed by atoms with Crippen molar-refractivity contribution in [2.75, 3.05) is 33.0 Å². The summed E-state index contributed by atoms with van der Waals surface area (Å²) in [6, 6.07) is 5.78. The average Bonchev–Trinajstić information content (AvgIpc) is 2.43. The summed E-state index contributed by atoms with van der Waals surface area (Å²) >= 11 is 0. The molecule has 0 aliphatic carbocycles. The molecule has 19 heavy (non-hydrogen) atoms. The lowest BCUT2D eigenvalue weighted by molar-refractivity contribution is 0.0518. The fraction of sp³-hybridized carbons (Fsp3) is 0.500. The Morgan fingerprint density at radius 3 is 2.74 bits per heavy atom. The van der Waals surface area contributed by atoms with E-state index in [2.05, 4.69) is 12.2 Å². The Bertz CT molecular complexity index is 442. The van der Waals surface area contributed by atoms with Crippen LogP contribution in [0, 0.1) is 13.8 Å². The second-order valence-corrected chi connectivity index (χ2v) is 4.62. The second kappa shape index (κ2) is 6.43. The van der Waals surface area contributed by atoms with Crippen molar-refractivity contribution in [3.8, 4) is 5.75 Å². The number of carbonyl (C=O) groups excluding carboxylic acids is 1. The zero-order chi connectivity index (χ0) is 13.7. The lowest BCUT2D eigenvalue weighted by atomic mass is 10.1. The molecule has 1 aromatic carbocycles. The van der Waals surface area contributed by atoms with Crippen molar-refractivity contribution in [1.29, 1.82) is 0 Å². The summed E-state index contributed by atoms with van der Waals surface area (Å²) in [7, 11) is 0. The minimum atomic E-state index is -0.105. The molecule has 0 atom stereocenters. The van der Waals surface area contributed by atoms with Crippen molar-refractivity contribution in [3.05, 3.63) is 29.3 Å². The maximum Gasteiger partial charge on any atom is 0.320 e. The fourth-order valence-corrected chi connectivity index (χ4v) is 1.86. The van der Waals surface area contributed by atoms with Crippen LogP contribution in [0.2, 0.25) is 0 Å². The monoisotopic (exact) mass is 264 g/mol. The van der Waals surface area contributed by atoms with Gasteiger partial charge >= 0.3 is 6.03 Å². The van der Waals surface area contributed by atoms with Crippen LogP contribution in [-0.4, -0.2) is 44.0 Å². The quantitative estimate of drug-likeness (QED) is 0.845. The first kappa shape index (κ1) is 13.7. The Morgan fingerprint density at radius 1 is 1.32 bits per heavy atom. The van der Waals surface area contributed by atoms with Crippen molar-refractivity contribution >= 4 is 6.03 Å². The summed E-state index contributed by atoms with van der Waals surface area (Å²) in [4.78, 5) is 13.5. The number of ether oxygens (including phenoxy) is 2. The number of hydrogen-bond acceptors (Lipinski definition) is 3. The van der Waals surface area contributed by atoms with E-state index in [1.165, 1.54) is 11.1 Å². The number of rotatable bonds is 3. The first-order valence-corrected chi connectivity index (χ1v) is 6.47. The van der Waals surface area contributed by atoms with Crippen molar-refractivity contribution in [2.45, 2.75) is 13.8 Å². The largest absolute Gasteiger partial charge is 0.473 e. The van der Waals surface area contributed by atoms with Gasteiger partial charge in [-0.25, -0.2) is 4.79 Å². The predicted molar refractivity (Wildman–Crippen MR) is 72.3 cm³/mol. The van der Waals surface area contributed by atoms with E-state index in [0.717, 1.165) is 5.75 Å². The second-order valence-electron chi connectivity index (χ2n) is 4.62. The molecule has 0 bridgehead atoms. The highest BCUT2D eigenvalue weighted by Gasteiger charge is 2.15. The molecule has 1 aromatic rings. The van der Waals surface area contributed by atoms with Crippen LogP contribution in [0.4, 0.5) is 4.79 Å². The molecule has 104 valence electrons. The smallest absolute Gasteiger partial charge is 0.320 e. The number of morpholine rings is 1. The SMILES string of the molecule is Cc1ccc(OCNC(=O)N2CCOCC2)cc1C. The average molecular weight is 264 g/mol. The van der Waals surface area contributed by atoms with Gasteiger partial charge in [-0.1, -0.05) is 6.07 Å². The van der Waals surface area contributed by atoms with Crippen molar-refractivity contribution < 1.29 is 14.3 Å². The Kier molecular flexibility index (Phi) is 4.63. The molecule has 1 fully saturated rings. The number of aryl methyl sites for hydroxylation is 2. The van der Waals surface area contributed by atoms with E-state index in [1.54, 1.807) is 4.90 Å². The molecule has 0 saturated carbocycles. The highest BCUT2D eigenvalue weighted by atomic mass is 16.5. The zero-order valence-corrected chi connectivity index (χ0v) is 11.4. The molecule has 1 aliphatic rings. The number of nitrogens with one attached hydrogen (secondary N) is 1. The van der Waals surface area contributed by atoms with E-state index < -0.39 is 0 Å². The van der Waals surface area contributed by atoms with Crippen LogP contribution in [0.15, 0.2) is 18.2 Å². The molecular formula is C14H20N2O3. The van der Waals surface area contributed by atoms with E-state index in [-0.39, 0.29) is 12.8 Å². The summed E-state index contributed by atoms with van der Waals surface area (Å²) in [5, 5.41) is 2.74. The minimum Gasteiger partial charge on any atom is -0.473 e. The van der Waals surface area contributed by atoms with Gasteiger partial charge < -0.3 is 19.7 Å². The van der Waals surface area contributed by atoms with E-state index in [1.807, 2.05) is 25.1 Å². The lowest BCUT2D eigenvalue weighted by Gasteiger charge is -2.26. The number of hydrogen-bond donors (Lipinski definition) is 1. The third-order valence-electron chi connectivity index (χ3n) is 3.24. The first-order chi connectivity index (χ1) is 9.16. The Balaban J connectivity index is 1.76. The lowest BCUT2D eigenvalue weighted by Crippen LogP contribution is -2.47. The Labute approximate surface area is 113 Å². The molecule has 1 heterocycles. The third kappa shape index (κ3) is 3.86. The molecule has 2 amide bonds. The van der Waals surface area contributed by atoms with E-state index in [9.17, 15) is 4.79 Å². The summed E-state index contributed by atoms with van der Waals surface area (Å²) in [6.07, 6.45) is 0. The standard InChI is InChI=1S/C14H20N2O3/c1-11-3-4-13(9-12(11)2)19-10-15-14(17)16-5-7-18-8-6-16/h3-4,9H,5-8,10H2,1-2H3,(H,15,17). The van der Waals surface area contributed by atoms with Crippen LogP contribution in [-0.2, 0) is 4.74 Å². The van der Waals surface area contributed by atoms with Gasteiger partial charge in [0.1, 0.15) is 5.75 Å². The first-order valence-electron chi connectivity index (χ1n) is 6.47. The maximum absolute atomic E-state index is 11.8. The highest BCUT2D eigenvalue weighted by molar-refractivity contribution is 5.74. The predicted octanol–water partition coefficient (Wildman–Crippen LogP) is 1.68. The highest BCUT2D eigenvalue weighted by Crippen LogP contribution is 2.15. The summed E-state index contributed by atoms with van der Waals surface area (Å²) in [5.41, 5.74) is 2.40. The topological polar surface area (TPSA) is 50.8 Å². The number of amides is 2. The molecule has 0 radical (unpaired) electrons. The van der Waals surface area contributed by atoms with E-state index >= 15 is 0 Å². The summed E-state index contributed by atoms with van der Waals surface area (Å²) in [6.45, 7) is 6.74. The van der Waals surface area contributed by atoms with Gasteiger partial charge in [0.15, 0.2) is 6.73 Å². The van der Waals surface area contributed by atoms with Gasteiger partial charge in [0.2, 0.25) is 0 Å². The van der Waals surface area contributed by atoms with Crippen LogP contribution in [0.5, 0.6) is 5.75 Å². The van der Waals surface area contributed by atoms with E-state index in [4.69, 9.17) is 9.47 Å². The van der Waals surface area contributed by atoms with Crippen LogP contribution in [0.25, 0.3) is 0 Å². The molecule has 1 aliphatic heterocycles. The molecule has 0 unspecified atom stereocenters. The van der Waals surface area contributed by atoms with Crippen LogP contribution < -0.4 is 10.1 Å². The van der Waals surface area contributed by atoms with Crippen molar-refractivity contribution in [2.24, 2.45) is 0 Å². The molecule has 0 spiro atoms. The number of urea groups is 1.